The molecule has 0 amide bonds. The molecule has 3 nitrogen and oxygen atoms in total. The molecule has 0 aromatic heterocycles. The molecule has 1 aromatic rings. The van der Waals surface area contributed by atoms with Crippen LogP contribution in [-0.4, -0.2) is 31.4 Å². The Hall–Kier alpha value is -1.06. The van der Waals surface area contributed by atoms with Gasteiger partial charge in [0.1, 0.15) is 5.75 Å². The molecule has 1 aromatic carbocycles. The van der Waals surface area contributed by atoms with E-state index in [-0.39, 0.29) is 6.10 Å². The molecule has 0 saturated heterocycles. The molecular weight excluding hydrogens is 214 g/mol. The summed E-state index contributed by atoms with van der Waals surface area (Å²) in [6.07, 6.45) is 0.683. The fourth-order valence-corrected chi connectivity index (χ4v) is 1.55. The Balaban J connectivity index is 2.26. The van der Waals surface area contributed by atoms with Crippen LogP contribution in [0.25, 0.3) is 0 Å². The Morgan fingerprint density at radius 1 is 1.35 bits per heavy atom. The number of rotatable bonds is 7. The highest BCUT2D eigenvalue weighted by molar-refractivity contribution is 5.28. The molecule has 0 spiro atoms. The summed E-state index contributed by atoms with van der Waals surface area (Å²) < 4.78 is 5.17. The van der Waals surface area contributed by atoms with Crippen molar-refractivity contribution in [3.63, 3.8) is 0 Å². The van der Waals surface area contributed by atoms with Gasteiger partial charge in [0.15, 0.2) is 0 Å². The quantitative estimate of drug-likeness (QED) is 0.711. The lowest BCUT2D eigenvalue weighted by Crippen LogP contribution is -2.31. The van der Waals surface area contributed by atoms with E-state index in [1.165, 1.54) is 5.56 Å². The van der Waals surface area contributed by atoms with Crippen LogP contribution >= 0.6 is 0 Å². The summed E-state index contributed by atoms with van der Waals surface area (Å²) >= 11 is 0. The molecule has 1 atom stereocenters. The summed E-state index contributed by atoms with van der Waals surface area (Å²) in [7, 11) is 1.68. The van der Waals surface area contributed by atoms with Crippen molar-refractivity contribution in [3.05, 3.63) is 29.8 Å². The molecule has 17 heavy (non-hydrogen) atoms. The lowest BCUT2D eigenvalue weighted by atomic mass is 10.1. The zero-order valence-corrected chi connectivity index (χ0v) is 10.9. The number of hydrogen-bond donors (Lipinski definition) is 2. The zero-order chi connectivity index (χ0) is 12.7. The van der Waals surface area contributed by atoms with E-state index in [2.05, 4.69) is 11.4 Å². The van der Waals surface area contributed by atoms with Crippen molar-refractivity contribution in [3.8, 4) is 5.75 Å². The lowest BCUT2D eigenvalue weighted by Gasteiger charge is -2.15. The molecule has 0 aliphatic rings. The van der Waals surface area contributed by atoms with Gasteiger partial charge in [-0.15, -0.1) is 0 Å². The van der Waals surface area contributed by atoms with E-state index >= 15 is 0 Å². The van der Waals surface area contributed by atoms with Crippen LogP contribution in [0, 0.1) is 5.92 Å². The summed E-state index contributed by atoms with van der Waals surface area (Å²) in [5.74, 6) is 1.20. The Morgan fingerprint density at radius 3 is 2.76 bits per heavy atom. The molecule has 3 heteroatoms. The molecule has 1 rings (SSSR count). The Kier molecular flexibility index (Phi) is 6.01. The minimum atomic E-state index is -0.264. The van der Waals surface area contributed by atoms with Crippen LogP contribution in [0.1, 0.15) is 19.4 Å². The van der Waals surface area contributed by atoms with Crippen molar-refractivity contribution in [1.82, 2.24) is 5.32 Å². The van der Waals surface area contributed by atoms with Crippen molar-refractivity contribution in [1.29, 1.82) is 0 Å². The SMILES string of the molecule is COc1cccc(CCNCC(O)C(C)C)c1. The van der Waals surface area contributed by atoms with Crippen LogP contribution < -0.4 is 10.1 Å². The van der Waals surface area contributed by atoms with Crippen molar-refractivity contribution < 1.29 is 9.84 Å². The van der Waals surface area contributed by atoms with Gasteiger partial charge in [-0.1, -0.05) is 26.0 Å². The van der Waals surface area contributed by atoms with Gasteiger partial charge in [-0.25, -0.2) is 0 Å². The fraction of sp³-hybridized carbons (Fsp3) is 0.571. The molecule has 0 fully saturated rings. The van der Waals surface area contributed by atoms with E-state index in [9.17, 15) is 5.11 Å². The first kappa shape index (κ1) is 14.0. The monoisotopic (exact) mass is 237 g/mol. The van der Waals surface area contributed by atoms with Crippen molar-refractivity contribution >= 4 is 0 Å². The fourth-order valence-electron chi connectivity index (χ4n) is 1.55. The molecule has 2 N–H and O–H groups in total. The lowest BCUT2D eigenvalue weighted by molar-refractivity contribution is 0.124. The maximum atomic E-state index is 9.62. The van der Waals surface area contributed by atoms with Crippen LogP contribution in [0.15, 0.2) is 24.3 Å². The molecule has 0 heterocycles. The second-order valence-electron chi connectivity index (χ2n) is 4.62. The Bertz CT molecular complexity index is 326. The average Bonchev–Trinajstić information content (AvgIpc) is 2.34. The van der Waals surface area contributed by atoms with Gasteiger partial charge >= 0.3 is 0 Å². The highest BCUT2D eigenvalue weighted by Crippen LogP contribution is 2.12. The van der Waals surface area contributed by atoms with E-state index < -0.39 is 0 Å². The smallest absolute Gasteiger partial charge is 0.119 e. The molecule has 0 aliphatic heterocycles. The van der Waals surface area contributed by atoms with Gasteiger partial charge < -0.3 is 15.2 Å². The van der Waals surface area contributed by atoms with E-state index in [1.54, 1.807) is 7.11 Å². The third-order valence-corrected chi connectivity index (χ3v) is 2.85. The maximum absolute atomic E-state index is 9.62. The van der Waals surface area contributed by atoms with E-state index in [0.717, 1.165) is 18.7 Å². The number of nitrogens with one attached hydrogen (secondary N) is 1. The third kappa shape index (κ3) is 5.20. The van der Waals surface area contributed by atoms with Gasteiger partial charge in [-0.05, 0) is 36.6 Å². The average molecular weight is 237 g/mol. The van der Waals surface area contributed by atoms with Crippen molar-refractivity contribution in [2.24, 2.45) is 5.92 Å². The van der Waals surface area contributed by atoms with Crippen molar-refractivity contribution in [2.45, 2.75) is 26.4 Å². The predicted octanol–water partition coefficient (Wildman–Crippen LogP) is 1.84. The van der Waals surface area contributed by atoms with Crippen LogP contribution in [0.3, 0.4) is 0 Å². The minimum absolute atomic E-state index is 0.264. The van der Waals surface area contributed by atoms with Crippen LogP contribution in [-0.2, 0) is 6.42 Å². The first-order valence-corrected chi connectivity index (χ1v) is 6.15. The normalized spacial score (nSPS) is 12.8. The van der Waals surface area contributed by atoms with Gasteiger partial charge in [0.05, 0.1) is 13.2 Å². The largest absolute Gasteiger partial charge is 0.497 e. The molecule has 0 saturated carbocycles. The number of hydrogen-bond acceptors (Lipinski definition) is 3. The number of aliphatic hydroxyl groups is 1. The number of aliphatic hydroxyl groups excluding tert-OH is 1. The van der Waals surface area contributed by atoms with E-state index in [1.807, 2.05) is 32.0 Å². The molecule has 96 valence electrons. The summed E-state index contributed by atoms with van der Waals surface area (Å²) in [6, 6.07) is 8.07. The van der Waals surface area contributed by atoms with Crippen LogP contribution in [0.2, 0.25) is 0 Å². The standard InChI is InChI=1S/C14H23NO2/c1-11(2)14(16)10-15-8-7-12-5-4-6-13(9-12)17-3/h4-6,9,11,14-16H,7-8,10H2,1-3H3. The number of benzene rings is 1. The van der Waals surface area contributed by atoms with Gasteiger partial charge in [-0.3, -0.25) is 0 Å². The van der Waals surface area contributed by atoms with Crippen LogP contribution in [0.4, 0.5) is 0 Å². The molecule has 0 aliphatic carbocycles. The van der Waals surface area contributed by atoms with Gasteiger partial charge in [0.2, 0.25) is 0 Å². The first-order chi connectivity index (χ1) is 8.13. The Morgan fingerprint density at radius 2 is 2.12 bits per heavy atom. The first-order valence-electron chi connectivity index (χ1n) is 6.15. The van der Waals surface area contributed by atoms with Gasteiger partial charge in [-0.2, -0.15) is 0 Å². The maximum Gasteiger partial charge on any atom is 0.119 e. The van der Waals surface area contributed by atoms with Crippen molar-refractivity contribution in [2.75, 3.05) is 20.2 Å². The highest BCUT2D eigenvalue weighted by atomic mass is 16.5. The minimum Gasteiger partial charge on any atom is -0.497 e. The van der Waals surface area contributed by atoms with Crippen LogP contribution in [0.5, 0.6) is 5.75 Å². The molecular formula is C14H23NO2. The van der Waals surface area contributed by atoms with Gasteiger partial charge in [0.25, 0.3) is 0 Å². The number of ether oxygens (including phenoxy) is 1. The molecule has 0 bridgehead atoms. The number of methoxy groups -OCH3 is 1. The zero-order valence-electron chi connectivity index (χ0n) is 10.9. The Labute approximate surface area is 104 Å². The van der Waals surface area contributed by atoms with E-state index in [4.69, 9.17) is 4.74 Å². The summed E-state index contributed by atoms with van der Waals surface area (Å²) in [5, 5.41) is 12.9. The van der Waals surface area contributed by atoms with E-state index in [0.29, 0.717) is 12.5 Å². The second-order valence-corrected chi connectivity index (χ2v) is 4.62. The second kappa shape index (κ2) is 7.30. The molecule has 0 radical (unpaired) electrons. The molecule has 1 unspecified atom stereocenters. The third-order valence-electron chi connectivity index (χ3n) is 2.85. The summed E-state index contributed by atoms with van der Waals surface area (Å²) in [6.45, 7) is 5.57. The summed E-state index contributed by atoms with van der Waals surface area (Å²) in [5.41, 5.74) is 1.25. The summed E-state index contributed by atoms with van der Waals surface area (Å²) in [4.78, 5) is 0. The highest BCUT2D eigenvalue weighted by Gasteiger charge is 2.07. The predicted molar refractivity (Wildman–Crippen MR) is 70.4 cm³/mol. The topological polar surface area (TPSA) is 41.5 Å². The van der Waals surface area contributed by atoms with Gasteiger partial charge in [0, 0.05) is 6.54 Å².